The highest BCUT2D eigenvalue weighted by Crippen LogP contribution is 2.34. The molecule has 2 aromatic carbocycles. The van der Waals surface area contributed by atoms with Crippen LogP contribution < -0.4 is 19.5 Å². The molecule has 0 spiro atoms. The first-order valence-corrected chi connectivity index (χ1v) is 13.1. The molecule has 1 aliphatic heterocycles. The molecule has 204 valence electrons. The number of halogens is 1. The van der Waals surface area contributed by atoms with Crippen LogP contribution in [0.1, 0.15) is 12.0 Å². The lowest BCUT2D eigenvalue weighted by atomic mass is 10.2. The van der Waals surface area contributed by atoms with Gasteiger partial charge in [-0.1, -0.05) is 11.6 Å². The summed E-state index contributed by atoms with van der Waals surface area (Å²) >= 11 is 5.93. The summed E-state index contributed by atoms with van der Waals surface area (Å²) in [6, 6.07) is 12.6. The number of benzene rings is 2. The molecule has 2 aromatic heterocycles. The molecule has 0 aliphatic carbocycles. The number of H-pyrrole nitrogens is 1. The molecule has 1 aliphatic rings. The molecule has 1 amide bonds. The Hall–Kier alpha value is -4.02. The molecule has 39 heavy (non-hydrogen) atoms. The predicted molar refractivity (Wildman–Crippen MR) is 150 cm³/mol. The van der Waals surface area contributed by atoms with Gasteiger partial charge in [-0.2, -0.15) is 0 Å². The average Bonchev–Trinajstić information content (AvgIpc) is 3.34. The zero-order chi connectivity index (χ0) is 27.2. The van der Waals surface area contributed by atoms with Crippen LogP contribution in [0.3, 0.4) is 0 Å². The standard InChI is InChI=1S/C28H31ClN6O4/c1-34-10-3-11-35(2)25(36)17-39-24-14-21(33-28-26-19(16-34)15-30-27(26)31-18-32-28)6-9-23(24)38-13-12-37-22-7-4-20(29)5-8-22/h4-9,14-15,18H,3,10-13,16-17H2,1-2H3,(H2,30,31,32,33). The van der Waals surface area contributed by atoms with Crippen molar-refractivity contribution >= 4 is 40.0 Å². The maximum absolute atomic E-state index is 12.8. The lowest BCUT2D eigenvalue weighted by Gasteiger charge is -2.22. The second-order valence-corrected chi connectivity index (χ2v) is 9.83. The van der Waals surface area contributed by atoms with Gasteiger partial charge in [0.25, 0.3) is 5.91 Å². The third kappa shape index (κ3) is 6.71. The van der Waals surface area contributed by atoms with Gasteiger partial charge in [0.15, 0.2) is 18.1 Å². The Kier molecular flexibility index (Phi) is 8.33. The highest BCUT2D eigenvalue weighted by Gasteiger charge is 2.17. The van der Waals surface area contributed by atoms with Gasteiger partial charge < -0.3 is 34.3 Å². The lowest BCUT2D eigenvalue weighted by Crippen LogP contribution is -2.33. The van der Waals surface area contributed by atoms with Gasteiger partial charge in [0.2, 0.25) is 0 Å². The summed E-state index contributed by atoms with van der Waals surface area (Å²) in [5.41, 5.74) is 2.59. The number of fused-ring (bicyclic) bond motifs is 2. The van der Waals surface area contributed by atoms with E-state index in [0.29, 0.717) is 41.2 Å². The van der Waals surface area contributed by atoms with E-state index in [1.54, 1.807) is 42.3 Å². The van der Waals surface area contributed by atoms with Crippen molar-refractivity contribution in [3.63, 3.8) is 0 Å². The Morgan fingerprint density at radius 2 is 1.87 bits per heavy atom. The molecule has 5 rings (SSSR count). The van der Waals surface area contributed by atoms with Gasteiger partial charge >= 0.3 is 0 Å². The molecular formula is C28H31ClN6O4. The molecule has 0 saturated heterocycles. The summed E-state index contributed by atoms with van der Waals surface area (Å²) < 4.78 is 17.7. The number of hydrogen-bond acceptors (Lipinski definition) is 8. The molecular weight excluding hydrogens is 520 g/mol. The summed E-state index contributed by atoms with van der Waals surface area (Å²) in [6.07, 6.45) is 4.33. The molecule has 0 saturated carbocycles. The van der Waals surface area contributed by atoms with Crippen LogP contribution in [-0.4, -0.2) is 77.7 Å². The first-order valence-electron chi connectivity index (χ1n) is 12.7. The summed E-state index contributed by atoms with van der Waals surface area (Å²) in [6.45, 7) is 2.68. The molecule has 0 fully saturated rings. The van der Waals surface area contributed by atoms with E-state index in [-0.39, 0.29) is 19.1 Å². The summed E-state index contributed by atoms with van der Waals surface area (Å²) in [4.78, 5) is 28.9. The van der Waals surface area contributed by atoms with Crippen molar-refractivity contribution in [1.29, 1.82) is 0 Å². The largest absolute Gasteiger partial charge is 0.490 e. The smallest absolute Gasteiger partial charge is 0.260 e. The molecule has 2 bridgehead atoms. The molecule has 0 radical (unpaired) electrons. The lowest BCUT2D eigenvalue weighted by molar-refractivity contribution is -0.132. The monoisotopic (exact) mass is 550 g/mol. The van der Waals surface area contributed by atoms with E-state index in [9.17, 15) is 4.79 Å². The van der Waals surface area contributed by atoms with Crippen LogP contribution in [0.4, 0.5) is 11.5 Å². The number of amides is 1. The van der Waals surface area contributed by atoms with Crippen molar-refractivity contribution in [2.45, 2.75) is 13.0 Å². The number of likely N-dealkylation sites (N-methyl/N-ethyl adjacent to an activating group) is 1. The minimum Gasteiger partial charge on any atom is -0.490 e. The van der Waals surface area contributed by atoms with Gasteiger partial charge in [-0.3, -0.25) is 4.79 Å². The van der Waals surface area contributed by atoms with E-state index in [0.717, 1.165) is 41.8 Å². The fraction of sp³-hybridized carbons (Fsp3) is 0.321. The maximum atomic E-state index is 12.8. The van der Waals surface area contributed by atoms with Crippen LogP contribution in [-0.2, 0) is 11.3 Å². The number of aromatic amines is 1. The quantitative estimate of drug-likeness (QED) is 0.350. The number of carbonyl (C=O) groups excluding carboxylic acids is 1. The summed E-state index contributed by atoms with van der Waals surface area (Å²) in [5.74, 6) is 2.23. The fourth-order valence-corrected chi connectivity index (χ4v) is 4.49. The van der Waals surface area contributed by atoms with Crippen molar-refractivity contribution in [3.05, 3.63) is 65.6 Å². The van der Waals surface area contributed by atoms with Crippen molar-refractivity contribution in [2.24, 2.45) is 0 Å². The third-order valence-corrected chi connectivity index (χ3v) is 6.68. The van der Waals surface area contributed by atoms with Gasteiger partial charge in [-0.05, 0) is 62.0 Å². The fourth-order valence-electron chi connectivity index (χ4n) is 4.36. The van der Waals surface area contributed by atoms with E-state index in [1.165, 1.54) is 6.33 Å². The zero-order valence-electron chi connectivity index (χ0n) is 21.9. The Morgan fingerprint density at radius 1 is 1.05 bits per heavy atom. The van der Waals surface area contributed by atoms with Crippen LogP contribution >= 0.6 is 11.6 Å². The van der Waals surface area contributed by atoms with E-state index in [1.807, 2.05) is 18.3 Å². The highest BCUT2D eigenvalue weighted by atomic mass is 35.5. The van der Waals surface area contributed by atoms with Crippen LogP contribution in [0, 0.1) is 0 Å². The molecule has 3 heterocycles. The Morgan fingerprint density at radius 3 is 2.72 bits per heavy atom. The number of anilines is 2. The van der Waals surface area contributed by atoms with E-state index >= 15 is 0 Å². The van der Waals surface area contributed by atoms with Gasteiger partial charge in [0.1, 0.15) is 36.8 Å². The van der Waals surface area contributed by atoms with Crippen LogP contribution in [0.5, 0.6) is 17.2 Å². The molecule has 4 aromatic rings. The van der Waals surface area contributed by atoms with Crippen molar-refractivity contribution < 1.29 is 19.0 Å². The Balaban J connectivity index is 1.38. The SMILES string of the molecule is CN1CCCN(C)C(=O)COc2cc(ccc2OCCOc2ccc(Cl)cc2)Nc2ncnc3[nH]cc(c23)C1. The molecule has 0 atom stereocenters. The van der Waals surface area contributed by atoms with E-state index in [4.69, 9.17) is 25.8 Å². The minimum absolute atomic E-state index is 0.104. The maximum Gasteiger partial charge on any atom is 0.260 e. The van der Waals surface area contributed by atoms with Gasteiger partial charge in [0, 0.05) is 43.1 Å². The van der Waals surface area contributed by atoms with Crippen molar-refractivity contribution in [3.8, 4) is 17.2 Å². The van der Waals surface area contributed by atoms with Crippen LogP contribution in [0.15, 0.2) is 55.0 Å². The van der Waals surface area contributed by atoms with Gasteiger partial charge in [0.05, 0.1) is 5.39 Å². The number of nitrogens with zero attached hydrogens (tertiary/aromatic N) is 4. The van der Waals surface area contributed by atoms with Gasteiger partial charge in [-0.25, -0.2) is 9.97 Å². The Bertz CT molecular complexity index is 1430. The summed E-state index contributed by atoms with van der Waals surface area (Å²) in [5, 5.41) is 4.98. The number of nitrogens with one attached hydrogen (secondary N) is 2. The topological polar surface area (TPSA) is 105 Å². The number of ether oxygens (including phenoxy) is 3. The number of carbonyl (C=O) groups is 1. The second-order valence-electron chi connectivity index (χ2n) is 9.39. The average molecular weight is 551 g/mol. The zero-order valence-corrected chi connectivity index (χ0v) is 22.7. The van der Waals surface area contributed by atoms with E-state index in [2.05, 4.69) is 32.2 Å². The predicted octanol–water partition coefficient (Wildman–Crippen LogP) is 4.49. The van der Waals surface area contributed by atoms with Crippen molar-refractivity contribution in [2.75, 3.05) is 52.3 Å². The van der Waals surface area contributed by atoms with Gasteiger partial charge in [-0.15, -0.1) is 0 Å². The number of rotatable bonds is 5. The molecule has 10 nitrogen and oxygen atoms in total. The first-order chi connectivity index (χ1) is 19.0. The summed E-state index contributed by atoms with van der Waals surface area (Å²) in [7, 11) is 3.86. The number of hydrogen-bond donors (Lipinski definition) is 2. The minimum atomic E-state index is -0.106. The second kappa shape index (κ2) is 12.2. The third-order valence-electron chi connectivity index (χ3n) is 6.43. The molecule has 11 heteroatoms. The Labute approximate surface area is 231 Å². The molecule has 2 N–H and O–H groups in total. The number of aromatic nitrogens is 3. The first kappa shape index (κ1) is 26.6. The van der Waals surface area contributed by atoms with Crippen LogP contribution in [0.25, 0.3) is 11.0 Å². The highest BCUT2D eigenvalue weighted by molar-refractivity contribution is 6.30. The van der Waals surface area contributed by atoms with E-state index < -0.39 is 0 Å². The van der Waals surface area contributed by atoms with Crippen LogP contribution in [0.2, 0.25) is 5.02 Å². The van der Waals surface area contributed by atoms with Crippen molar-refractivity contribution in [1.82, 2.24) is 24.8 Å². The molecule has 0 unspecified atom stereocenters. The normalized spacial score (nSPS) is 15.1.